The molecule has 1 aromatic heterocycles. The monoisotopic (exact) mass is 347 g/mol. The van der Waals surface area contributed by atoms with E-state index in [2.05, 4.69) is 30.8 Å². The summed E-state index contributed by atoms with van der Waals surface area (Å²) in [5.74, 6) is 1.87. The van der Waals surface area contributed by atoms with Gasteiger partial charge in [0.1, 0.15) is 0 Å². The van der Waals surface area contributed by atoms with E-state index < -0.39 is 0 Å². The molecule has 0 bridgehead atoms. The van der Waals surface area contributed by atoms with Gasteiger partial charge in [-0.2, -0.15) is 4.98 Å². The van der Waals surface area contributed by atoms with Crippen molar-refractivity contribution < 1.29 is 4.74 Å². The molecular formula is C13H19BrClN3O. The van der Waals surface area contributed by atoms with E-state index in [9.17, 15) is 0 Å². The van der Waals surface area contributed by atoms with Gasteiger partial charge in [0.15, 0.2) is 0 Å². The first-order valence-electron chi connectivity index (χ1n) is 6.65. The molecule has 4 nitrogen and oxygen atoms in total. The summed E-state index contributed by atoms with van der Waals surface area (Å²) in [7, 11) is 1.61. The van der Waals surface area contributed by atoms with Gasteiger partial charge in [-0.15, -0.1) is 11.6 Å². The molecule has 106 valence electrons. The van der Waals surface area contributed by atoms with Crippen LogP contribution in [0, 0.1) is 0 Å². The number of alkyl halides is 1. The Bertz CT molecular complexity index is 413. The Labute approximate surface area is 127 Å². The van der Waals surface area contributed by atoms with Crippen LogP contribution in [0.15, 0.2) is 10.7 Å². The van der Waals surface area contributed by atoms with Crippen LogP contribution in [-0.4, -0.2) is 35.5 Å². The summed E-state index contributed by atoms with van der Waals surface area (Å²) < 4.78 is 6.02. The maximum Gasteiger partial charge on any atom is 0.232 e. The van der Waals surface area contributed by atoms with Crippen LogP contribution in [0.5, 0.6) is 5.88 Å². The summed E-state index contributed by atoms with van der Waals surface area (Å²) in [6.07, 6.45) is 8.01. The molecule has 1 heterocycles. The highest BCUT2D eigenvalue weighted by molar-refractivity contribution is 9.10. The number of hydrogen-bond donors (Lipinski definition) is 0. The van der Waals surface area contributed by atoms with E-state index in [0.717, 1.165) is 11.0 Å². The summed E-state index contributed by atoms with van der Waals surface area (Å²) >= 11 is 9.31. The van der Waals surface area contributed by atoms with Crippen LogP contribution < -0.4 is 9.64 Å². The van der Waals surface area contributed by atoms with Gasteiger partial charge in [-0.1, -0.05) is 19.3 Å². The van der Waals surface area contributed by atoms with Crippen molar-refractivity contribution in [3.05, 3.63) is 10.7 Å². The molecule has 1 aromatic rings. The molecule has 1 aliphatic rings. The third-order valence-electron chi connectivity index (χ3n) is 3.49. The minimum absolute atomic E-state index is 0.499. The SMILES string of the molecule is COc1nc(N(CCCl)C2CCCCC2)ncc1Br. The van der Waals surface area contributed by atoms with Gasteiger partial charge in [-0.3, -0.25) is 0 Å². The summed E-state index contributed by atoms with van der Waals surface area (Å²) in [6.45, 7) is 0.775. The van der Waals surface area contributed by atoms with E-state index in [4.69, 9.17) is 16.3 Å². The number of rotatable bonds is 5. The fourth-order valence-electron chi connectivity index (χ4n) is 2.55. The Morgan fingerprint density at radius 2 is 2.16 bits per heavy atom. The molecule has 0 atom stereocenters. The van der Waals surface area contributed by atoms with E-state index in [1.165, 1.54) is 32.1 Å². The lowest BCUT2D eigenvalue weighted by atomic mass is 9.94. The van der Waals surface area contributed by atoms with E-state index in [0.29, 0.717) is 23.8 Å². The number of anilines is 1. The van der Waals surface area contributed by atoms with Crippen molar-refractivity contribution in [2.45, 2.75) is 38.1 Å². The number of ether oxygens (including phenoxy) is 1. The molecule has 0 spiro atoms. The second-order valence-corrected chi connectivity index (χ2v) is 5.93. The Hall–Kier alpha value is -0.550. The Kier molecular flexibility index (Phi) is 5.70. The highest BCUT2D eigenvalue weighted by atomic mass is 79.9. The summed E-state index contributed by atoms with van der Waals surface area (Å²) in [5, 5.41) is 0. The number of hydrogen-bond acceptors (Lipinski definition) is 4. The van der Waals surface area contributed by atoms with Gasteiger partial charge >= 0.3 is 0 Å². The van der Waals surface area contributed by atoms with Crippen molar-refractivity contribution in [1.82, 2.24) is 9.97 Å². The number of halogens is 2. The van der Waals surface area contributed by atoms with E-state index in [1.54, 1.807) is 13.3 Å². The minimum atomic E-state index is 0.499. The number of methoxy groups -OCH3 is 1. The molecule has 0 radical (unpaired) electrons. The van der Waals surface area contributed by atoms with Gasteiger partial charge in [-0.25, -0.2) is 4.98 Å². The van der Waals surface area contributed by atoms with Gasteiger partial charge in [0.2, 0.25) is 11.8 Å². The van der Waals surface area contributed by atoms with Gasteiger partial charge in [0, 0.05) is 18.5 Å². The van der Waals surface area contributed by atoms with Crippen LogP contribution in [0.4, 0.5) is 5.95 Å². The molecule has 0 amide bonds. The fourth-order valence-corrected chi connectivity index (χ4v) is 3.09. The van der Waals surface area contributed by atoms with Gasteiger partial charge in [-0.05, 0) is 28.8 Å². The second kappa shape index (κ2) is 7.29. The molecule has 1 saturated carbocycles. The van der Waals surface area contributed by atoms with E-state index >= 15 is 0 Å². The maximum atomic E-state index is 5.93. The molecule has 0 saturated heterocycles. The van der Waals surface area contributed by atoms with Crippen molar-refractivity contribution in [2.75, 3.05) is 24.4 Å². The molecule has 0 unspecified atom stereocenters. The molecule has 0 aliphatic heterocycles. The topological polar surface area (TPSA) is 38.2 Å². The molecule has 1 fully saturated rings. The molecule has 0 N–H and O–H groups in total. The molecule has 1 aliphatic carbocycles. The normalized spacial score (nSPS) is 16.4. The first kappa shape index (κ1) is 14.9. The Morgan fingerprint density at radius 3 is 2.79 bits per heavy atom. The molecule has 19 heavy (non-hydrogen) atoms. The van der Waals surface area contributed by atoms with Crippen molar-refractivity contribution in [1.29, 1.82) is 0 Å². The zero-order chi connectivity index (χ0) is 13.7. The van der Waals surface area contributed by atoms with Crippen LogP contribution in [0.3, 0.4) is 0 Å². The summed E-state index contributed by atoms with van der Waals surface area (Å²) in [6, 6.07) is 0.499. The van der Waals surface area contributed by atoms with Crippen LogP contribution in [-0.2, 0) is 0 Å². The maximum absolute atomic E-state index is 5.93. The molecular weight excluding hydrogens is 330 g/mol. The Morgan fingerprint density at radius 1 is 1.42 bits per heavy atom. The Balaban J connectivity index is 2.22. The highest BCUT2D eigenvalue weighted by Gasteiger charge is 2.23. The standard InChI is InChI=1S/C13H19BrClN3O/c1-19-12-11(14)9-16-13(17-12)18(8-7-15)10-5-3-2-4-6-10/h9-10H,2-8H2,1H3. The third-order valence-corrected chi connectivity index (χ3v) is 4.20. The predicted molar refractivity (Wildman–Crippen MR) is 81.2 cm³/mol. The van der Waals surface area contributed by atoms with E-state index in [1.807, 2.05) is 0 Å². The zero-order valence-corrected chi connectivity index (χ0v) is 13.5. The smallest absolute Gasteiger partial charge is 0.232 e. The number of nitrogens with zero attached hydrogens (tertiary/aromatic N) is 3. The molecule has 6 heteroatoms. The average Bonchev–Trinajstić information content (AvgIpc) is 2.46. The fraction of sp³-hybridized carbons (Fsp3) is 0.692. The quantitative estimate of drug-likeness (QED) is 0.762. The molecule has 2 rings (SSSR count). The first-order valence-corrected chi connectivity index (χ1v) is 7.98. The van der Waals surface area contributed by atoms with Crippen molar-refractivity contribution in [3.63, 3.8) is 0 Å². The van der Waals surface area contributed by atoms with Crippen molar-refractivity contribution in [2.24, 2.45) is 0 Å². The largest absolute Gasteiger partial charge is 0.480 e. The molecule has 0 aromatic carbocycles. The minimum Gasteiger partial charge on any atom is -0.480 e. The summed E-state index contributed by atoms with van der Waals surface area (Å²) in [4.78, 5) is 11.1. The second-order valence-electron chi connectivity index (χ2n) is 4.70. The van der Waals surface area contributed by atoms with Gasteiger partial charge in [0.25, 0.3) is 0 Å². The van der Waals surface area contributed by atoms with Crippen LogP contribution in [0.2, 0.25) is 0 Å². The summed E-state index contributed by atoms with van der Waals surface area (Å²) in [5.41, 5.74) is 0. The lowest BCUT2D eigenvalue weighted by Gasteiger charge is -2.34. The van der Waals surface area contributed by atoms with Crippen molar-refractivity contribution in [3.8, 4) is 5.88 Å². The van der Waals surface area contributed by atoms with Crippen LogP contribution >= 0.6 is 27.5 Å². The van der Waals surface area contributed by atoms with E-state index in [-0.39, 0.29) is 0 Å². The third kappa shape index (κ3) is 3.72. The highest BCUT2D eigenvalue weighted by Crippen LogP contribution is 2.28. The lowest BCUT2D eigenvalue weighted by molar-refractivity contribution is 0.388. The first-order chi connectivity index (χ1) is 9.26. The van der Waals surface area contributed by atoms with Gasteiger partial charge < -0.3 is 9.64 Å². The van der Waals surface area contributed by atoms with Gasteiger partial charge in [0.05, 0.1) is 17.8 Å². The zero-order valence-electron chi connectivity index (χ0n) is 11.1. The number of aromatic nitrogens is 2. The lowest BCUT2D eigenvalue weighted by Crippen LogP contribution is -2.39. The van der Waals surface area contributed by atoms with Crippen LogP contribution in [0.1, 0.15) is 32.1 Å². The van der Waals surface area contributed by atoms with Crippen LogP contribution in [0.25, 0.3) is 0 Å². The predicted octanol–water partition coefficient (Wildman–Crippen LogP) is 3.63. The average molecular weight is 349 g/mol. The van der Waals surface area contributed by atoms with Crippen molar-refractivity contribution >= 4 is 33.5 Å².